The molecule has 0 atom stereocenters. The first-order valence-electron chi connectivity index (χ1n) is 7.95. The highest BCUT2D eigenvalue weighted by Gasteiger charge is 2.18. The monoisotopic (exact) mass is 308 g/mol. The van der Waals surface area contributed by atoms with Crippen LogP contribution in [0.1, 0.15) is 35.2 Å². The SMILES string of the molecule is O=C(Nc1cccc(CN2CCCCC2=O)c1)c1ccccc1. The van der Waals surface area contributed by atoms with E-state index in [0.29, 0.717) is 18.5 Å². The van der Waals surface area contributed by atoms with E-state index in [4.69, 9.17) is 0 Å². The summed E-state index contributed by atoms with van der Waals surface area (Å²) >= 11 is 0. The molecule has 1 fully saturated rings. The van der Waals surface area contributed by atoms with E-state index in [1.54, 1.807) is 12.1 Å². The Bertz CT molecular complexity index is 698. The van der Waals surface area contributed by atoms with Crippen LogP contribution >= 0.6 is 0 Å². The molecule has 1 aliphatic heterocycles. The summed E-state index contributed by atoms with van der Waals surface area (Å²) in [6.07, 6.45) is 2.70. The Morgan fingerprint density at radius 1 is 1.04 bits per heavy atom. The molecule has 0 aromatic heterocycles. The molecular weight excluding hydrogens is 288 g/mol. The summed E-state index contributed by atoms with van der Waals surface area (Å²) < 4.78 is 0. The highest BCUT2D eigenvalue weighted by atomic mass is 16.2. The van der Waals surface area contributed by atoms with Crippen molar-refractivity contribution in [2.45, 2.75) is 25.8 Å². The number of carbonyl (C=O) groups is 2. The first-order chi connectivity index (χ1) is 11.2. The van der Waals surface area contributed by atoms with E-state index in [1.165, 1.54) is 0 Å². The molecule has 0 spiro atoms. The van der Waals surface area contributed by atoms with Crippen molar-refractivity contribution in [2.24, 2.45) is 0 Å². The molecule has 1 aliphatic rings. The van der Waals surface area contributed by atoms with Gasteiger partial charge in [-0.2, -0.15) is 0 Å². The lowest BCUT2D eigenvalue weighted by Gasteiger charge is -2.26. The summed E-state index contributed by atoms with van der Waals surface area (Å²) in [5, 5.41) is 2.90. The van der Waals surface area contributed by atoms with Crippen molar-refractivity contribution in [3.8, 4) is 0 Å². The van der Waals surface area contributed by atoms with Crippen LogP contribution in [0.15, 0.2) is 54.6 Å². The minimum absolute atomic E-state index is 0.128. The minimum atomic E-state index is -0.128. The largest absolute Gasteiger partial charge is 0.338 e. The van der Waals surface area contributed by atoms with Crippen molar-refractivity contribution in [1.29, 1.82) is 0 Å². The summed E-state index contributed by atoms with van der Waals surface area (Å²) in [5.74, 6) is 0.0896. The minimum Gasteiger partial charge on any atom is -0.338 e. The molecule has 23 heavy (non-hydrogen) atoms. The molecule has 2 aromatic rings. The number of benzene rings is 2. The smallest absolute Gasteiger partial charge is 0.255 e. The van der Waals surface area contributed by atoms with E-state index in [1.807, 2.05) is 47.4 Å². The standard InChI is InChI=1S/C19H20N2O2/c22-18-11-4-5-12-21(18)14-15-7-6-10-17(13-15)20-19(23)16-8-2-1-3-9-16/h1-3,6-10,13H,4-5,11-12,14H2,(H,20,23). The predicted octanol–water partition coefficient (Wildman–Crippen LogP) is 3.45. The van der Waals surface area contributed by atoms with Crippen molar-refractivity contribution in [3.05, 3.63) is 65.7 Å². The van der Waals surface area contributed by atoms with Crippen LogP contribution in [0.4, 0.5) is 5.69 Å². The maximum Gasteiger partial charge on any atom is 0.255 e. The number of amides is 2. The van der Waals surface area contributed by atoms with Crippen LogP contribution in [-0.4, -0.2) is 23.3 Å². The predicted molar refractivity (Wildman–Crippen MR) is 90.1 cm³/mol. The Balaban J connectivity index is 1.67. The number of piperidine rings is 1. The highest BCUT2D eigenvalue weighted by molar-refractivity contribution is 6.04. The van der Waals surface area contributed by atoms with E-state index in [9.17, 15) is 9.59 Å². The van der Waals surface area contributed by atoms with Crippen molar-refractivity contribution >= 4 is 17.5 Å². The molecule has 0 saturated carbocycles. The Kier molecular flexibility index (Phi) is 4.71. The second-order valence-corrected chi connectivity index (χ2v) is 5.79. The maximum atomic E-state index is 12.2. The lowest BCUT2D eigenvalue weighted by molar-refractivity contribution is -0.133. The van der Waals surface area contributed by atoms with Gasteiger partial charge < -0.3 is 10.2 Å². The maximum absolute atomic E-state index is 12.2. The van der Waals surface area contributed by atoms with Crippen LogP contribution in [-0.2, 0) is 11.3 Å². The third-order valence-electron chi connectivity index (χ3n) is 4.02. The fourth-order valence-corrected chi connectivity index (χ4v) is 2.79. The van der Waals surface area contributed by atoms with Crippen LogP contribution in [0, 0.1) is 0 Å². The molecule has 2 amide bonds. The Morgan fingerprint density at radius 3 is 2.65 bits per heavy atom. The molecule has 118 valence electrons. The van der Waals surface area contributed by atoms with Crippen molar-refractivity contribution in [1.82, 2.24) is 4.90 Å². The third kappa shape index (κ3) is 3.97. The second-order valence-electron chi connectivity index (χ2n) is 5.79. The fraction of sp³-hybridized carbons (Fsp3) is 0.263. The van der Waals surface area contributed by atoms with E-state index in [0.717, 1.165) is 30.6 Å². The van der Waals surface area contributed by atoms with E-state index in [-0.39, 0.29) is 11.8 Å². The van der Waals surface area contributed by atoms with Gasteiger partial charge in [0.1, 0.15) is 0 Å². The topological polar surface area (TPSA) is 49.4 Å². The third-order valence-corrected chi connectivity index (χ3v) is 4.02. The zero-order chi connectivity index (χ0) is 16.1. The number of hydrogen-bond donors (Lipinski definition) is 1. The zero-order valence-electron chi connectivity index (χ0n) is 13.0. The molecule has 1 heterocycles. The van der Waals surface area contributed by atoms with Crippen molar-refractivity contribution < 1.29 is 9.59 Å². The molecule has 0 aliphatic carbocycles. The molecular formula is C19H20N2O2. The summed E-state index contributed by atoms with van der Waals surface area (Å²) in [7, 11) is 0. The molecule has 1 saturated heterocycles. The summed E-state index contributed by atoms with van der Waals surface area (Å²) in [5.41, 5.74) is 2.41. The number of nitrogens with zero attached hydrogens (tertiary/aromatic N) is 1. The van der Waals surface area contributed by atoms with Gasteiger partial charge in [0.05, 0.1) is 0 Å². The fourth-order valence-electron chi connectivity index (χ4n) is 2.79. The molecule has 0 unspecified atom stereocenters. The lowest BCUT2D eigenvalue weighted by Crippen LogP contribution is -2.34. The van der Waals surface area contributed by atoms with Gasteiger partial charge in [-0.15, -0.1) is 0 Å². The molecule has 1 N–H and O–H groups in total. The van der Waals surface area contributed by atoms with Gasteiger partial charge in [-0.05, 0) is 42.7 Å². The van der Waals surface area contributed by atoms with Gasteiger partial charge in [0.2, 0.25) is 5.91 Å². The number of anilines is 1. The molecule has 3 rings (SSSR count). The summed E-state index contributed by atoms with van der Waals surface area (Å²) in [4.78, 5) is 26.0. The van der Waals surface area contributed by atoms with E-state index in [2.05, 4.69) is 5.32 Å². The average Bonchev–Trinajstić information content (AvgIpc) is 2.58. The number of rotatable bonds is 4. The Hall–Kier alpha value is -2.62. The molecule has 4 heteroatoms. The van der Waals surface area contributed by atoms with Gasteiger partial charge >= 0.3 is 0 Å². The lowest BCUT2D eigenvalue weighted by atomic mass is 10.1. The van der Waals surface area contributed by atoms with Crippen LogP contribution < -0.4 is 5.32 Å². The van der Waals surface area contributed by atoms with Crippen molar-refractivity contribution in [3.63, 3.8) is 0 Å². The summed E-state index contributed by atoms with van der Waals surface area (Å²) in [6.45, 7) is 1.42. The molecule has 4 nitrogen and oxygen atoms in total. The molecule has 2 aromatic carbocycles. The van der Waals surface area contributed by atoms with Crippen LogP contribution in [0.3, 0.4) is 0 Å². The quantitative estimate of drug-likeness (QED) is 0.940. The Morgan fingerprint density at radius 2 is 1.87 bits per heavy atom. The number of hydrogen-bond acceptors (Lipinski definition) is 2. The van der Waals surface area contributed by atoms with Crippen LogP contribution in [0.25, 0.3) is 0 Å². The van der Waals surface area contributed by atoms with Gasteiger partial charge in [0.15, 0.2) is 0 Å². The van der Waals surface area contributed by atoms with Gasteiger partial charge in [0.25, 0.3) is 5.91 Å². The molecule has 0 radical (unpaired) electrons. The van der Waals surface area contributed by atoms with E-state index >= 15 is 0 Å². The second kappa shape index (κ2) is 7.09. The van der Waals surface area contributed by atoms with Gasteiger partial charge in [0, 0.05) is 30.8 Å². The summed E-state index contributed by atoms with van der Waals surface area (Å²) in [6, 6.07) is 16.8. The first-order valence-corrected chi connectivity index (χ1v) is 7.95. The number of nitrogens with one attached hydrogen (secondary N) is 1. The average molecular weight is 308 g/mol. The van der Waals surface area contributed by atoms with Crippen molar-refractivity contribution in [2.75, 3.05) is 11.9 Å². The highest BCUT2D eigenvalue weighted by Crippen LogP contribution is 2.17. The number of carbonyl (C=O) groups excluding carboxylic acids is 2. The van der Waals surface area contributed by atoms with Gasteiger partial charge in [-0.1, -0.05) is 30.3 Å². The first kappa shape index (κ1) is 15.3. The van der Waals surface area contributed by atoms with Gasteiger partial charge in [-0.25, -0.2) is 0 Å². The number of likely N-dealkylation sites (tertiary alicyclic amines) is 1. The van der Waals surface area contributed by atoms with Gasteiger partial charge in [-0.3, -0.25) is 9.59 Å². The van der Waals surface area contributed by atoms with E-state index < -0.39 is 0 Å². The normalized spacial score (nSPS) is 14.6. The Labute approximate surface area is 136 Å². The van der Waals surface area contributed by atoms with Crippen LogP contribution in [0.2, 0.25) is 0 Å². The van der Waals surface area contributed by atoms with Crippen LogP contribution in [0.5, 0.6) is 0 Å². The molecule has 0 bridgehead atoms. The zero-order valence-corrected chi connectivity index (χ0v) is 13.0.